The number of nitro benzene ring substituents is 1. The van der Waals surface area contributed by atoms with Crippen LogP contribution in [0.15, 0.2) is 52.3 Å². The summed E-state index contributed by atoms with van der Waals surface area (Å²) in [7, 11) is -10.0. The van der Waals surface area contributed by atoms with Crippen molar-refractivity contribution in [1.29, 1.82) is 0 Å². The second-order valence-corrected chi connectivity index (χ2v) is 12.2. The van der Waals surface area contributed by atoms with Gasteiger partial charge in [-0.05, 0) is 37.1 Å². The Morgan fingerprint density at radius 2 is 1.66 bits per heavy atom. The van der Waals surface area contributed by atoms with Crippen molar-refractivity contribution in [3.05, 3.63) is 85.4 Å². The van der Waals surface area contributed by atoms with Gasteiger partial charge in [-0.2, -0.15) is 8.42 Å². The van der Waals surface area contributed by atoms with Crippen LogP contribution in [-0.2, 0) is 33.1 Å². The molecule has 3 heterocycles. The molecule has 0 amide bonds. The minimum atomic E-state index is -5.23. The number of nitro groups is 1. The molecule has 196 valence electrons. The Kier molecular flexibility index (Phi) is 5.47. The molecule has 0 atom stereocenters. The summed E-state index contributed by atoms with van der Waals surface area (Å²) < 4.78 is 78.7. The molecule has 11 nitrogen and oxygen atoms in total. The highest BCUT2D eigenvalue weighted by Crippen LogP contribution is 2.41. The zero-order valence-electron chi connectivity index (χ0n) is 19.7. The van der Waals surface area contributed by atoms with E-state index in [4.69, 9.17) is 4.74 Å². The Hall–Kier alpha value is -3.65. The molecule has 1 N–H and O–H groups in total. The molecule has 0 bridgehead atoms. The second kappa shape index (κ2) is 8.43. The van der Waals surface area contributed by atoms with Crippen LogP contribution < -0.4 is 19.9 Å². The Morgan fingerprint density at radius 3 is 2.34 bits per heavy atom. The standard InChI is InChI=1S/C25H20N2O9S2/c28-27(29)15-5-7-17-21(12-15)36-25-19-4-2-10-26-9-1-3-14(24(19)26)11-20(25)23(17)18-8-6-16(37(30,31)32)13-22(18)38(33,34)35/h5-8,11-13H,1-4,9-10H2,(H-,30,31,32,33,34,35). The van der Waals surface area contributed by atoms with Crippen LogP contribution in [-0.4, -0.2) is 44.0 Å². The molecule has 38 heavy (non-hydrogen) atoms. The van der Waals surface area contributed by atoms with Gasteiger partial charge in [0.15, 0.2) is 0 Å². The van der Waals surface area contributed by atoms with Crippen LogP contribution >= 0.6 is 0 Å². The first-order valence-electron chi connectivity index (χ1n) is 11.8. The predicted octanol–water partition coefficient (Wildman–Crippen LogP) is 1.48. The highest BCUT2D eigenvalue weighted by atomic mass is 32.2. The van der Waals surface area contributed by atoms with Crippen molar-refractivity contribution in [3.8, 4) is 11.5 Å². The second-order valence-electron chi connectivity index (χ2n) is 9.44. The van der Waals surface area contributed by atoms with E-state index in [2.05, 4.69) is 4.58 Å². The third-order valence-corrected chi connectivity index (χ3v) is 8.91. The predicted molar refractivity (Wildman–Crippen MR) is 132 cm³/mol. The zero-order chi connectivity index (χ0) is 27.0. The summed E-state index contributed by atoms with van der Waals surface area (Å²) in [6.45, 7) is 1.76. The monoisotopic (exact) mass is 556 g/mol. The van der Waals surface area contributed by atoms with Crippen LogP contribution in [0.1, 0.15) is 35.1 Å². The van der Waals surface area contributed by atoms with Crippen molar-refractivity contribution in [2.45, 2.75) is 35.5 Å². The number of fused-ring (bicyclic) bond motifs is 3. The molecule has 3 aromatic carbocycles. The fraction of sp³-hybridized carbons (Fsp3) is 0.240. The molecule has 0 aliphatic carbocycles. The van der Waals surface area contributed by atoms with Crippen LogP contribution in [0.5, 0.6) is 11.5 Å². The van der Waals surface area contributed by atoms with E-state index in [1.807, 2.05) is 6.07 Å². The van der Waals surface area contributed by atoms with Crippen molar-refractivity contribution in [3.63, 3.8) is 0 Å². The summed E-state index contributed by atoms with van der Waals surface area (Å²) in [5, 5.41) is 13.1. The van der Waals surface area contributed by atoms with Gasteiger partial charge >= 0.3 is 0 Å². The van der Waals surface area contributed by atoms with Crippen LogP contribution in [0.4, 0.5) is 5.69 Å². The van der Waals surface area contributed by atoms with Gasteiger partial charge in [-0.15, -0.1) is 0 Å². The largest absolute Gasteiger partial charge is 0.744 e. The highest BCUT2D eigenvalue weighted by molar-refractivity contribution is 7.86. The van der Waals surface area contributed by atoms with Crippen LogP contribution in [0, 0.1) is 10.1 Å². The third kappa shape index (κ3) is 3.89. The number of nitrogens with zero attached hydrogens (tertiary/aromatic N) is 2. The molecule has 0 aromatic heterocycles. The molecular formula is C25H20N2O9S2. The molecule has 3 aliphatic rings. The first-order valence-corrected chi connectivity index (χ1v) is 14.6. The van der Waals surface area contributed by atoms with Gasteiger partial charge in [-0.1, -0.05) is 6.07 Å². The Labute approximate surface area is 217 Å². The molecule has 6 rings (SSSR count). The zero-order valence-corrected chi connectivity index (χ0v) is 21.3. The molecule has 3 aromatic rings. The van der Waals surface area contributed by atoms with Crippen LogP contribution in [0.25, 0.3) is 5.57 Å². The molecule has 0 spiro atoms. The van der Waals surface area contributed by atoms with Gasteiger partial charge in [0.2, 0.25) is 5.36 Å². The first-order chi connectivity index (χ1) is 17.9. The Balaban J connectivity index is 1.80. The molecule has 3 aliphatic heterocycles. The van der Waals surface area contributed by atoms with Crippen molar-refractivity contribution in [2.24, 2.45) is 0 Å². The van der Waals surface area contributed by atoms with E-state index in [0.717, 1.165) is 61.0 Å². The normalized spacial score (nSPS) is 16.3. The van der Waals surface area contributed by atoms with E-state index in [9.17, 15) is 36.1 Å². The number of hydrogen-bond donors (Lipinski definition) is 1. The van der Waals surface area contributed by atoms with Gasteiger partial charge in [0.1, 0.15) is 34.7 Å². The molecule has 0 fully saturated rings. The van der Waals surface area contributed by atoms with E-state index in [-0.39, 0.29) is 22.6 Å². The summed E-state index contributed by atoms with van der Waals surface area (Å²) >= 11 is 0. The van der Waals surface area contributed by atoms with Gasteiger partial charge in [-0.25, -0.2) is 13.0 Å². The maximum atomic E-state index is 12.4. The average Bonchev–Trinajstić information content (AvgIpc) is 2.86. The van der Waals surface area contributed by atoms with E-state index >= 15 is 0 Å². The van der Waals surface area contributed by atoms with Crippen molar-refractivity contribution < 1.29 is 35.6 Å². The summed E-state index contributed by atoms with van der Waals surface area (Å²) in [5.74, 6) is 0.533. The summed E-state index contributed by atoms with van der Waals surface area (Å²) in [4.78, 5) is 9.34. The van der Waals surface area contributed by atoms with Crippen molar-refractivity contribution in [1.82, 2.24) is 4.58 Å². The topological polar surface area (TPSA) is 167 Å². The third-order valence-electron chi connectivity index (χ3n) is 7.19. The maximum Gasteiger partial charge on any atom is 0.294 e. The molecule has 0 unspecified atom stereocenters. The van der Waals surface area contributed by atoms with Crippen LogP contribution in [0.2, 0.25) is 0 Å². The summed E-state index contributed by atoms with van der Waals surface area (Å²) in [5.41, 5.74) is 2.19. The average molecular weight is 557 g/mol. The number of benzene rings is 3. The summed E-state index contributed by atoms with van der Waals surface area (Å²) in [6.07, 6.45) is 3.23. The molecule has 0 saturated carbocycles. The number of aryl methyl sites for hydroxylation is 1. The fourth-order valence-electron chi connectivity index (χ4n) is 5.67. The molecular weight excluding hydrogens is 536 g/mol. The van der Waals surface area contributed by atoms with Crippen molar-refractivity contribution >= 4 is 31.5 Å². The van der Waals surface area contributed by atoms with Crippen LogP contribution in [0.3, 0.4) is 0 Å². The minimum absolute atomic E-state index is 0.0947. The van der Waals surface area contributed by atoms with E-state index in [1.54, 1.807) is 0 Å². The smallest absolute Gasteiger partial charge is 0.294 e. The van der Waals surface area contributed by atoms with Gasteiger partial charge in [0, 0.05) is 46.4 Å². The fourth-order valence-corrected chi connectivity index (χ4v) is 6.96. The summed E-state index contributed by atoms with van der Waals surface area (Å²) in [6, 6.07) is 8.59. The maximum absolute atomic E-state index is 12.4. The Morgan fingerprint density at radius 1 is 0.947 bits per heavy atom. The van der Waals surface area contributed by atoms with Gasteiger partial charge < -0.3 is 9.29 Å². The number of rotatable bonds is 4. The van der Waals surface area contributed by atoms with Gasteiger partial charge in [0.05, 0.1) is 26.3 Å². The lowest BCUT2D eigenvalue weighted by Crippen LogP contribution is -2.45. The lowest BCUT2D eigenvalue weighted by Gasteiger charge is -2.27. The molecule has 13 heteroatoms. The van der Waals surface area contributed by atoms with Gasteiger partial charge in [0.25, 0.3) is 15.8 Å². The number of hydrogen-bond acceptors (Lipinski definition) is 8. The first kappa shape index (κ1) is 24.7. The van der Waals surface area contributed by atoms with E-state index in [1.165, 1.54) is 18.2 Å². The number of ether oxygens (including phenoxy) is 1. The lowest BCUT2D eigenvalue weighted by atomic mass is 9.87. The molecule has 0 saturated heterocycles. The van der Waals surface area contributed by atoms with Crippen molar-refractivity contribution in [2.75, 3.05) is 13.1 Å². The number of non-ortho nitro benzene ring substituents is 1. The highest BCUT2D eigenvalue weighted by Gasteiger charge is 2.33. The van der Waals surface area contributed by atoms with E-state index in [0.29, 0.717) is 29.0 Å². The minimum Gasteiger partial charge on any atom is -0.744 e. The quantitative estimate of drug-likeness (QED) is 0.169. The van der Waals surface area contributed by atoms with Gasteiger partial charge in [-0.3, -0.25) is 14.7 Å². The molecule has 0 radical (unpaired) electrons. The Bertz CT molecular complexity index is 1930. The SMILES string of the molecule is O=[N+]([O-])c1ccc2c(c1)Oc1c3c4c(cc1=C2c1ccc(S(=O)(=O)O)cc1S(=O)(=O)[O-])CCC[N+]=4CCC3. The lowest BCUT2D eigenvalue weighted by molar-refractivity contribution is -0.384. The van der Waals surface area contributed by atoms with E-state index < -0.39 is 35.0 Å².